The average Bonchev–Trinajstić information content (AvgIpc) is 2.83. The highest BCUT2D eigenvalue weighted by Gasteiger charge is 2.21. The standard InChI is InChI=1S/C18H15S/c1-2-8-14(9-3-1)19-17-12-6-4-10-15(17)16-11-5-7-13-18(16)19/h1-4,6,8-13H,5,7H2/q+1. The topological polar surface area (TPSA) is 0 Å². The number of benzene rings is 2. The van der Waals surface area contributed by atoms with Gasteiger partial charge in [0.15, 0.2) is 14.1 Å². The third kappa shape index (κ3) is 1.66. The van der Waals surface area contributed by atoms with Crippen LogP contribution >= 0.6 is 10.5 Å². The van der Waals surface area contributed by atoms with Crippen molar-refractivity contribution in [3.05, 3.63) is 64.3 Å². The highest BCUT2D eigenvalue weighted by Crippen LogP contribution is 2.33. The van der Waals surface area contributed by atoms with Gasteiger partial charge in [0.1, 0.15) is 0 Å². The Hall–Kier alpha value is -1.86. The largest absolute Gasteiger partial charge is 0.187 e. The second-order valence-electron chi connectivity index (χ2n) is 4.88. The summed E-state index contributed by atoms with van der Waals surface area (Å²) >= 11 is 0. The van der Waals surface area contributed by atoms with Crippen molar-refractivity contribution < 1.29 is 0 Å². The van der Waals surface area contributed by atoms with E-state index < -0.39 is 0 Å². The van der Waals surface area contributed by atoms with E-state index in [0.29, 0.717) is 0 Å². The molecule has 0 N–H and O–H groups in total. The zero-order chi connectivity index (χ0) is 12.7. The Kier molecular flexibility index (Phi) is 2.52. The fraction of sp³-hybridized carbons (Fsp3) is 0.111. The summed E-state index contributed by atoms with van der Waals surface area (Å²) in [5.74, 6) is 0. The maximum Gasteiger partial charge on any atom is 0.187 e. The zero-order valence-corrected chi connectivity index (χ0v) is 11.5. The van der Waals surface area contributed by atoms with E-state index in [0.717, 1.165) is 0 Å². The summed E-state index contributed by atoms with van der Waals surface area (Å²) in [5.41, 5.74) is 0. The molecule has 0 bridgehead atoms. The molecule has 0 spiro atoms. The van der Waals surface area contributed by atoms with Gasteiger partial charge in [-0.1, -0.05) is 36.4 Å². The maximum atomic E-state index is 2.45. The quantitative estimate of drug-likeness (QED) is 0.584. The van der Waals surface area contributed by atoms with E-state index in [-0.39, 0.29) is 10.5 Å². The molecule has 1 aromatic heterocycles. The summed E-state index contributed by atoms with van der Waals surface area (Å²) in [4.78, 5) is 1.44. The van der Waals surface area contributed by atoms with Crippen molar-refractivity contribution in [2.75, 3.05) is 0 Å². The van der Waals surface area contributed by atoms with Gasteiger partial charge in [0.25, 0.3) is 0 Å². The molecule has 0 radical (unpaired) electrons. The fourth-order valence-corrected chi connectivity index (χ4v) is 5.37. The molecule has 0 amide bonds. The second kappa shape index (κ2) is 4.36. The van der Waals surface area contributed by atoms with Gasteiger partial charge in [-0.25, -0.2) is 0 Å². The molecule has 19 heavy (non-hydrogen) atoms. The van der Waals surface area contributed by atoms with E-state index in [4.69, 9.17) is 0 Å². The van der Waals surface area contributed by atoms with Crippen LogP contribution in [-0.4, -0.2) is 0 Å². The molecule has 3 aromatic rings. The minimum absolute atomic E-state index is 0.111. The first-order chi connectivity index (χ1) is 9.45. The SMILES string of the molecule is C1=c2c([s+](-c3ccccc3)c3ccccc23)=CCC1. The minimum atomic E-state index is 0.111. The van der Waals surface area contributed by atoms with Gasteiger partial charge in [0.2, 0.25) is 0 Å². The van der Waals surface area contributed by atoms with Crippen LogP contribution in [0.2, 0.25) is 0 Å². The molecule has 0 fully saturated rings. The van der Waals surface area contributed by atoms with E-state index in [2.05, 4.69) is 66.7 Å². The van der Waals surface area contributed by atoms with Crippen LogP contribution in [0, 0.1) is 0 Å². The summed E-state index contributed by atoms with van der Waals surface area (Å²) in [5, 5.41) is 2.93. The molecule has 92 valence electrons. The fourth-order valence-electron chi connectivity index (χ4n) is 2.88. The molecule has 0 saturated heterocycles. The van der Waals surface area contributed by atoms with Crippen LogP contribution in [-0.2, 0) is 0 Å². The van der Waals surface area contributed by atoms with Crippen LogP contribution in [0.4, 0.5) is 0 Å². The van der Waals surface area contributed by atoms with Crippen LogP contribution in [0.5, 0.6) is 0 Å². The number of thiophene rings is 1. The molecule has 1 aliphatic carbocycles. The Balaban J connectivity index is 2.23. The van der Waals surface area contributed by atoms with Crippen molar-refractivity contribution in [3.8, 4) is 4.90 Å². The van der Waals surface area contributed by atoms with Crippen LogP contribution in [0.3, 0.4) is 0 Å². The molecule has 1 atom stereocenters. The third-order valence-electron chi connectivity index (χ3n) is 3.71. The highest BCUT2D eigenvalue weighted by molar-refractivity contribution is 7.43. The van der Waals surface area contributed by atoms with Gasteiger partial charge in [0.05, 0.1) is 0 Å². The van der Waals surface area contributed by atoms with Crippen molar-refractivity contribution in [2.45, 2.75) is 12.8 Å². The lowest BCUT2D eigenvalue weighted by molar-refractivity contribution is 1.13. The van der Waals surface area contributed by atoms with Crippen molar-refractivity contribution in [3.63, 3.8) is 0 Å². The van der Waals surface area contributed by atoms with Gasteiger partial charge in [-0.15, -0.1) is 0 Å². The van der Waals surface area contributed by atoms with E-state index in [9.17, 15) is 0 Å². The number of hydrogen-bond donors (Lipinski definition) is 0. The van der Waals surface area contributed by atoms with Crippen LogP contribution < -0.4 is 9.75 Å². The van der Waals surface area contributed by atoms with Gasteiger partial charge in [-0.3, -0.25) is 0 Å². The lowest BCUT2D eigenvalue weighted by Crippen LogP contribution is -2.22. The Morgan fingerprint density at radius 1 is 0.737 bits per heavy atom. The Labute approximate surface area is 115 Å². The van der Waals surface area contributed by atoms with Crippen molar-refractivity contribution in [2.24, 2.45) is 0 Å². The molecule has 1 heterocycles. The van der Waals surface area contributed by atoms with Gasteiger partial charge >= 0.3 is 0 Å². The molecule has 4 rings (SSSR count). The van der Waals surface area contributed by atoms with E-state index in [1.54, 1.807) is 4.53 Å². The molecular formula is C18H15S+. The zero-order valence-electron chi connectivity index (χ0n) is 10.7. The summed E-state index contributed by atoms with van der Waals surface area (Å²) in [6.07, 6.45) is 7.23. The number of fused-ring (bicyclic) bond motifs is 3. The summed E-state index contributed by atoms with van der Waals surface area (Å²) in [6, 6.07) is 19.8. The smallest absolute Gasteiger partial charge is 0.0707 e. The predicted octanol–water partition coefficient (Wildman–Crippen LogP) is 3.93. The normalized spacial score (nSPS) is 14.6. The molecular weight excluding hydrogens is 248 g/mol. The van der Waals surface area contributed by atoms with Crippen molar-refractivity contribution in [1.29, 1.82) is 0 Å². The molecule has 0 saturated carbocycles. The van der Waals surface area contributed by atoms with Gasteiger partial charge in [-0.05, 0) is 43.2 Å². The predicted molar refractivity (Wildman–Crippen MR) is 85.2 cm³/mol. The third-order valence-corrected chi connectivity index (χ3v) is 6.07. The summed E-state index contributed by atoms with van der Waals surface area (Å²) < 4.78 is 3.03. The first-order valence-electron chi connectivity index (χ1n) is 6.74. The van der Waals surface area contributed by atoms with E-state index in [1.165, 1.54) is 33.0 Å². The molecule has 0 aliphatic heterocycles. The van der Waals surface area contributed by atoms with Crippen LogP contribution in [0.1, 0.15) is 12.8 Å². The molecule has 1 heteroatoms. The maximum absolute atomic E-state index is 2.45. The van der Waals surface area contributed by atoms with Gasteiger partial charge < -0.3 is 0 Å². The van der Waals surface area contributed by atoms with Gasteiger partial charge in [-0.2, -0.15) is 0 Å². The van der Waals surface area contributed by atoms with Crippen molar-refractivity contribution >= 4 is 32.7 Å². The Morgan fingerprint density at radius 2 is 1.47 bits per heavy atom. The lowest BCUT2D eigenvalue weighted by atomic mass is 10.1. The van der Waals surface area contributed by atoms with Crippen LogP contribution in [0.15, 0.2) is 54.6 Å². The monoisotopic (exact) mass is 263 g/mol. The average molecular weight is 263 g/mol. The van der Waals surface area contributed by atoms with E-state index in [1.807, 2.05) is 0 Å². The van der Waals surface area contributed by atoms with Gasteiger partial charge in [0, 0.05) is 21.1 Å². The summed E-state index contributed by atoms with van der Waals surface area (Å²) in [6.45, 7) is 0. The summed E-state index contributed by atoms with van der Waals surface area (Å²) in [7, 11) is 0.111. The Bertz CT molecular complexity index is 854. The molecule has 1 unspecified atom stereocenters. The van der Waals surface area contributed by atoms with E-state index >= 15 is 0 Å². The first kappa shape index (κ1) is 11.0. The lowest BCUT2D eigenvalue weighted by Gasteiger charge is -1.93. The molecule has 0 nitrogen and oxygen atoms in total. The second-order valence-corrected chi connectivity index (χ2v) is 6.84. The first-order valence-corrected chi connectivity index (χ1v) is 7.97. The molecule has 2 aromatic carbocycles. The number of hydrogen-bond acceptors (Lipinski definition) is 0. The van der Waals surface area contributed by atoms with Crippen LogP contribution in [0.25, 0.3) is 27.1 Å². The molecule has 1 aliphatic rings. The minimum Gasteiger partial charge on any atom is -0.0707 e. The number of rotatable bonds is 1. The Morgan fingerprint density at radius 3 is 2.37 bits per heavy atom. The highest BCUT2D eigenvalue weighted by atomic mass is 32.2. The van der Waals surface area contributed by atoms with Crippen molar-refractivity contribution in [1.82, 2.24) is 0 Å².